The van der Waals surface area contributed by atoms with Gasteiger partial charge in [0.05, 0.1) is 12.7 Å². The van der Waals surface area contributed by atoms with E-state index in [9.17, 15) is 5.11 Å². The monoisotopic (exact) mass is 286 g/mol. The second kappa shape index (κ2) is 5.49. The molecule has 0 aliphatic heterocycles. The second-order valence-corrected chi connectivity index (χ2v) is 7.19. The van der Waals surface area contributed by atoms with E-state index in [0.717, 1.165) is 44.5 Å². The molecule has 3 rings (SSSR count). The highest BCUT2D eigenvalue weighted by atomic mass is 16.5. The normalized spacial score (nSPS) is 28.2. The van der Waals surface area contributed by atoms with Crippen LogP contribution in [0.5, 0.6) is 5.75 Å². The van der Waals surface area contributed by atoms with Crippen LogP contribution in [0.2, 0.25) is 0 Å². The van der Waals surface area contributed by atoms with Crippen molar-refractivity contribution in [1.29, 1.82) is 0 Å². The lowest BCUT2D eigenvalue weighted by atomic mass is 9.69. The van der Waals surface area contributed by atoms with Gasteiger partial charge in [-0.15, -0.1) is 0 Å². The molecule has 0 unspecified atom stereocenters. The molecule has 21 heavy (non-hydrogen) atoms. The van der Waals surface area contributed by atoms with E-state index in [1.165, 1.54) is 16.7 Å². The number of fused-ring (bicyclic) bond motifs is 1. The minimum absolute atomic E-state index is 0.114. The fourth-order valence-corrected chi connectivity index (χ4v) is 3.73. The fraction of sp³-hybridized carbons (Fsp3) is 0.579. The van der Waals surface area contributed by atoms with Crippen molar-refractivity contribution in [3.05, 3.63) is 35.9 Å². The molecule has 2 nitrogen and oxygen atoms in total. The molecule has 1 fully saturated rings. The number of hydrogen-bond acceptors (Lipinski definition) is 2. The summed E-state index contributed by atoms with van der Waals surface area (Å²) in [6, 6.07) is 6.46. The Kier molecular flexibility index (Phi) is 3.83. The zero-order valence-electron chi connectivity index (χ0n) is 13.2. The maximum absolute atomic E-state index is 9.77. The summed E-state index contributed by atoms with van der Waals surface area (Å²) in [5.41, 5.74) is 4.14. The quantitative estimate of drug-likeness (QED) is 0.902. The van der Waals surface area contributed by atoms with Crippen LogP contribution < -0.4 is 4.74 Å². The van der Waals surface area contributed by atoms with E-state index in [1.54, 1.807) is 0 Å². The first-order valence-electron chi connectivity index (χ1n) is 8.14. The Hall–Kier alpha value is -1.28. The molecule has 1 saturated carbocycles. The zero-order valence-corrected chi connectivity index (χ0v) is 13.2. The Morgan fingerprint density at radius 1 is 1.33 bits per heavy atom. The maximum Gasteiger partial charge on any atom is 0.119 e. The predicted molar refractivity (Wildman–Crippen MR) is 86.4 cm³/mol. The van der Waals surface area contributed by atoms with Crippen molar-refractivity contribution in [1.82, 2.24) is 0 Å². The van der Waals surface area contributed by atoms with Gasteiger partial charge in [-0.1, -0.05) is 26.5 Å². The number of aliphatic hydroxyl groups is 1. The van der Waals surface area contributed by atoms with E-state index in [0.29, 0.717) is 5.92 Å². The van der Waals surface area contributed by atoms with Gasteiger partial charge in [-0.25, -0.2) is 0 Å². The lowest BCUT2D eigenvalue weighted by Crippen LogP contribution is -2.29. The van der Waals surface area contributed by atoms with E-state index < -0.39 is 0 Å². The van der Waals surface area contributed by atoms with E-state index in [2.05, 4.69) is 38.6 Å². The summed E-state index contributed by atoms with van der Waals surface area (Å²) in [5, 5.41) is 9.77. The number of hydrogen-bond donors (Lipinski definition) is 1. The average Bonchev–Trinajstić information content (AvgIpc) is 2.73. The summed E-state index contributed by atoms with van der Waals surface area (Å²) in [4.78, 5) is 0. The summed E-state index contributed by atoms with van der Waals surface area (Å²) in [6.45, 7) is 9.47. The molecule has 0 heterocycles. The van der Waals surface area contributed by atoms with Gasteiger partial charge in [0.1, 0.15) is 5.75 Å². The van der Waals surface area contributed by atoms with Crippen LogP contribution in [0.3, 0.4) is 0 Å². The van der Waals surface area contributed by atoms with Crippen LogP contribution in [0.4, 0.5) is 0 Å². The third-order valence-corrected chi connectivity index (χ3v) is 5.07. The summed E-state index contributed by atoms with van der Waals surface area (Å²) in [6.07, 6.45) is 4.90. The number of benzene rings is 1. The predicted octanol–water partition coefficient (Wildman–Crippen LogP) is 4.21. The molecule has 0 radical (unpaired) electrons. The van der Waals surface area contributed by atoms with Crippen LogP contribution >= 0.6 is 0 Å². The van der Waals surface area contributed by atoms with Crippen LogP contribution in [0.25, 0.3) is 5.57 Å². The van der Waals surface area contributed by atoms with Gasteiger partial charge in [0, 0.05) is 0 Å². The smallest absolute Gasteiger partial charge is 0.119 e. The van der Waals surface area contributed by atoms with Gasteiger partial charge in [0.15, 0.2) is 0 Å². The molecule has 0 bridgehead atoms. The Morgan fingerprint density at radius 2 is 2.05 bits per heavy atom. The van der Waals surface area contributed by atoms with Crippen LogP contribution in [0.15, 0.2) is 24.8 Å². The topological polar surface area (TPSA) is 29.5 Å². The molecule has 1 spiro atoms. The van der Waals surface area contributed by atoms with E-state index >= 15 is 0 Å². The Balaban J connectivity index is 1.80. The molecule has 0 atom stereocenters. The first-order chi connectivity index (χ1) is 10.00. The summed E-state index contributed by atoms with van der Waals surface area (Å²) in [7, 11) is 0. The van der Waals surface area contributed by atoms with E-state index in [-0.39, 0.29) is 11.5 Å². The number of ether oxygens (including phenoxy) is 1. The molecule has 2 heteroatoms. The Bertz CT molecular complexity index is 536. The highest BCUT2D eigenvalue weighted by Crippen LogP contribution is 2.54. The fourth-order valence-electron chi connectivity index (χ4n) is 3.73. The van der Waals surface area contributed by atoms with Gasteiger partial charge in [0.2, 0.25) is 0 Å². The van der Waals surface area contributed by atoms with Crippen LogP contribution in [-0.4, -0.2) is 17.8 Å². The number of allylic oxidation sites excluding steroid dienone is 1. The van der Waals surface area contributed by atoms with Gasteiger partial charge >= 0.3 is 0 Å². The highest BCUT2D eigenvalue weighted by molar-refractivity contribution is 5.76. The Morgan fingerprint density at radius 3 is 2.71 bits per heavy atom. The van der Waals surface area contributed by atoms with Crippen molar-refractivity contribution in [2.45, 2.75) is 52.1 Å². The third-order valence-electron chi connectivity index (χ3n) is 5.07. The molecular formula is C19H26O2. The van der Waals surface area contributed by atoms with Crippen molar-refractivity contribution in [2.75, 3.05) is 6.61 Å². The van der Waals surface area contributed by atoms with Gasteiger partial charge in [0.25, 0.3) is 0 Å². The maximum atomic E-state index is 9.77. The molecule has 0 saturated heterocycles. The SMILES string of the molecule is C=C1c2cc(OCC(C)C)ccc2CC12CCC(O)CC2. The third kappa shape index (κ3) is 2.74. The van der Waals surface area contributed by atoms with Crippen LogP contribution in [0, 0.1) is 11.3 Å². The molecule has 114 valence electrons. The molecule has 0 amide bonds. The molecule has 2 aliphatic carbocycles. The van der Waals surface area contributed by atoms with Gasteiger partial charge in [-0.2, -0.15) is 0 Å². The zero-order chi connectivity index (χ0) is 15.0. The molecule has 1 aromatic carbocycles. The first-order valence-corrected chi connectivity index (χ1v) is 8.14. The number of aliphatic hydroxyl groups excluding tert-OH is 1. The Labute approximate surface area is 127 Å². The minimum atomic E-state index is -0.114. The van der Waals surface area contributed by atoms with Crippen molar-refractivity contribution in [3.8, 4) is 5.75 Å². The van der Waals surface area contributed by atoms with Gasteiger partial charge in [-0.3, -0.25) is 0 Å². The molecule has 0 aromatic heterocycles. The van der Waals surface area contributed by atoms with Gasteiger partial charge < -0.3 is 9.84 Å². The standard InChI is InChI=1S/C19H26O2/c1-13(2)12-21-17-5-4-15-11-19(14(3)18(15)10-17)8-6-16(20)7-9-19/h4-5,10,13,16,20H,3,6-9,11-12H2,1-2H3. The van der Waals surface area contributed by atoms with Crippen molar-refractivity contribution in [2.24, 2.45) is 11.3 Å². The van der Waals surface area contributed by atoms with Crippen molar-refractivity contribution in [3.63, 3.8) is 0 Å². The summed E-state index contributed by atoms with van der Waals surface area (Å²) < 4.78 is 5.85. The van der Waals surface area contributed by atoms with Crippen LogP contribution in [0.1, 0.15) is 50.7 Å². The second-order valence-electron chi connectivity index (χ2n) is 7.19. The minimum Gasteiger partial charge on any atom is -0.493 e. The van der Waals surface area contributed by atoms with Gasteiger partial charge in [-0.05, 0) is 72.3 Å². The largest absolute Gasteiger partial charge is 0.493 e. The van der Waals surface area contributed by atoms with E-state index in [1.807, 2.05) is 0 Å². The lowest BCUT2D eigenvalue weighted by Gasteiger charge is -2.36. The number of rotatable bonds is 3. The van der Waals surface area contributed by atoms with Crippen molar-refractivity contribution >= 4 is 5.57 Å². The first kappa shape index (κ1) is 14.6. The average molecular weight is 286 g/mol. The molecule has 2 aliphatic rings. The molecule has 1 aromatic rings. The van der Waals surface area contributed by atoms with Crippen molar-refractivity contribution < 1.29 is 9.84 Å². The lowest BCUT2D eigenvalue weighted by molar-refractivity contribution is 0.0902. The molecule has 1 N–H and O–H groups in total. The summed E-state index contributed by atoms with van der Waals surface area (Å²) in [5.74, 6) is 1.49. The van der Waals surface area contributed by atoms with E-state index in [4.69, 9.17) is 4.74 Å². The molecular weight excluding hydrogens is 260 g/mol. The summed E-state index contributed by atoms with van der Waals surface area (Å²) >= 11 is 0. The highest BCUT2D eigenvalue weighted by Gasteiger charge is 2.42. The van der Waals surface area contributed by atoms with Crippen LogP contribution in [-0.2, 0) is 6.42 Å².